The van der Waals surface area contributed by atoms with Crippen molar-refractivity contribution in [2.45, 2.75) is 31.3 Å². The highest BCUT2D eigenvalue weighted by molar-refractivity contribution is 6.30. The number of nitrogens with zero attached hydrogens (tertiary/aromatic N) is 2. The zero-order chi connectivity index (χ0) is 16.5. The van der Waals surface area contributed by atoms with Gasteiger partial charge in [-0.3, -0.25) is 4.79 Å². The number of fused-ring (bicyclic) bond motifs is 3. The highest BCUT2D eigenvalue weighted by Gasteiger charge is 2.71. The first kappa shape index (κ1) is 14.5. The molecule has 0 saturated heterocycles. The van der Waals surface area contributed by atoms with Crippen LogP contribution in [0.2, 0.25) is 5.02 Å². The lowest BCUT2D eigenvalue weighted by Crippen LogP contribution is -2.54. The summed E-state index contributed by atoms with van der Waals surface area (Å²) in [5.41, 5.74) is -0.0364. The second-order valence-electron chi connectivity index (χ2n) is 6.94. The number of ketones is 1. The van der Waals surface area contributed by atoms with Gasteiger partial charge in [-0.05, 0) is 43.2 Å². The lowest BCUT2D eigenvalue weighted by Gasteiger charge is -2.36. The van der Waals surface area contributed by atoms with Gasteiger partial charge in [-0.1, -0.05) is 24.6 Å². The summed E-state index contributed by atoms with van der Waals surface area (Å²) in [6.07, 6.45) is 5.95. The average molecular weight is 328 g/mol. The minimum Gasteiger partial charge on any atom is -0.354 e. The van der Waals surface area contributed by atoms with Crippen LogP contribution in [0.3, 0.4) is 0 Å². The van der Waals surface area contributed by atoms with Crippen LogP contribution in [0.25, 0.3) is 0 Å². The van der Waals surface area contributed by atoms with Crippen LogP contribution in [0.4, 0.5) is 5.69 Å². The SMILES string of the molecule is C=C[C@@]1(C)C[C@]2(C)c3cc(Cl)ccc3N[C@]2(n2cccn2)C1=O. The topological polar surface area (TPSA) is 46.9 Å². The number of aromatic nitrogens is 2. The minimum absolute atomic E-state index is 0.0820. The van der Waals surface area contributed by atoms with Crippen LogP contribution < -0.4 is 5.32 Å². The van der Waals surface area contributed by atoms with Crippen molar-refractivity contribution in [1.82, 2.24) is 9.78 Å². The van der Waals surface area contributed by atoms with Crippen LogP contribution >= 0.6 is 11.6 Å². The molecule has 1 aromatic heterocycles. The summed E-state index contributed by atoms with van der Waals surface area (Å²) in [6, 6.07) is 7.57. The lowest BCUT2D eigenvalue weighted by molar-refractivity contribution is -0.130. The van der Waals surface area contributed by atoms with E-state index in [1.807, 2.05) is 37.4 Å². The number of hydrogen-bond acceptors (Lipinski definition) is 3. The molecule has 0 radical (unpaired) electrons. The predicted octanol–water partition coefficient (Wildman–Crippen LogP) is 3.74. The Labute approximate surface area is 140 Å². The number of halogens is 1. The summed E-state index contributed by atoms with van der Waals surface area (Å²) in [4.78, 5) is 13.5. The van der Waals surface area contributed by atoms with Crippen molar-refractivity contribution in [3.63, 3.8) is 0 Å². The summed E-state index contributed by atoms with van der Waals surface area (Å²) in [7, 11) is 0. The van der Waals surface area contributed by atoms with E-state index in [0.717, 1.165) is 11.3 Å². The zero-order valence-electron chi connectivity index (χ0n) is 13.1. The second-order valence-corrected chi connectivity index (χ2v) is 7.37. The van der Waals surface area contributed by atoms with E-state index in [0.29, 0.717) is 11.4 Å². The van der Waals surface area contributed by atoms with E-state index in [1.165, 1.54) is 0 Å². The third-order valence-corrected chi connectivity index (χ3v) is 5.79. The van der Waals surface area contributed by atoms with Crippen LogP contribution in [0, 0.1) is 5.41 Å². The van der Waals surface area contributed by atoms with Gasteiger partial charge >= 0.3 is 0 Å². The molecular weight excluding hydrogens is 310 g/mol. The van der Waals surface area contributed by atoms with Gasteiger partial charge in [-0.2, -0.15) is 5.10 Å². The van der Waals surface area contributed by atoms with Gasteiger partial charge in [0.25, 0.3) is 0 Å². The molecule has 3 atom stereocenters. The van der Waals surface area contributed by atoms with E-state index in [-0.39, 0.29) is 5.78 Å². The first-order chi connectivity index (χ1) is 10.9. The summed E-state index contributed by atoms with van der Waals surface area (Å²) in [5, 5.41) is 8.53. The van der Waals surface area contributed by atoms with Crippen LogP contribution in [-0.4, -0.2) is 15.6 Å². The largest absolute Gasteiger partial charge is 0.354 e. The lowest BCUT2D eigenvalue weighted by atomic mass is 9.75. The van der Waals surface area contributed by atoms with E-state index < -0.39 is 16.5 Å². The monoisotopic (exact) mass is 327 g/mol. The first-order valence-electron chi connectivity index (χ1n) is 7.64. The number of carbonyl (C=O) groups is 1. The number of allylic oxidation sites excluding steroid dienone is 1. The van der Waals surface area contributed by atoms with Crippen molar-refractivity contribution >= 4 is 23.1 Å². The van der Waals surface area contributed by atoms with Gasteiger partial charge in [0.15, 0.2) is 5.78 Å². The maximum atomic E-state index is 13.5. The normalized spacial score (nSPS) is 34.8. The van der Waals surface area contributed by atoms with Crippen molar-refractivity contribution in [3.05, 3.63) is 59.9 Å². The fraction of sp³-hybridized carbons (Fsp3) is 0.333. The molecule has 1 saturated carbocycles. The van der Waals surface area contributed by atoms with Gasteiger partial charge in [-0.15, -0.1) is 6.58 Å². The summed E-state index contributed by atoms with van der Waals surface area (Å²) < 4.78 is 1.75. The van der Waals surface area contributed by atoms with Crippen molar-refractivity contribution in [2.24, 2.45) is 5.41 Å². The van der Waals surface area contributed by atoms with E-state index in [2.05, 4.69) is 23.9 Å². The third-order valence-electron chi connectivity index (χ3n) is 5.56. The third kappa shape index (κ3) is 1.52. The van der Waals surface area contributed by atoms with E-state index >= 15 is 0 Å². The van der Waals surface area contributed by atoms with Gasteiger partial charge in [0, 0.05) is 33.9 Å². The summed E-state index contributed by atoms with van der Waals surface area (Å²) in [6.45, 7) is 7.96. The molecule has 1 aromatic carbocycles. The molecule has 5 heteroatoms. The Hall–Kier alpha value is -2.07. The molecule has 0 amide bonds. The standard InChI is InChI=1S/C18H18ClN3O/c1-4-16(2)11-17(3)13-10-12(19)6-7-14(13)21-18(17,15(16)23)22-9-5-8-20-22/h4-10,21H,1,11H2,2-3H3/t16-,17+,18-/m0/s1. The highest BCUT2D eigenvalue weighted by atomic mass is 35.5. The van der Waals surface area contributed by atoms with Crippen LogP contribution in [0.1, 0.15) is 25.8 Å². The minimum atomic E-state index is -0.952. The number of anilines is 1. The number of carbonyl (C=O) groups excluding carboxylic acids is 1. The molecule has 4 rings (SSSR count). The second kappa shape index (κ2) is 4.26. The number of benzene rings is 1. The average Bonchev–Trinajstić information content (AvgIpc) is 3.17. The van der Waals surface area contributed by atoms with E-state index in [1.54, 1.807) is 17.0 Å². The highest BCUT2D eigenvalue weighted by Crippen LogP contribution is 2.63. The number of nitrogens with one attached hydrogen (secondary N) is 1. The molecule has 23 heavy (non-hydrogen) atoms. The summed E-state index contributed by atoms with van der Waals surface area (Å²) >= 11 is 6.23. The Kier molecular flexibility index (Phi) is 2.69. The first-order valence-corrected chi connectivity index (χ1v) is 8.02. The fourth-order valence-corrected chi connectivity index (χ4v) is 4.59. The molecule has 1 fully saturated rings. The summed E-state index contributed by atoms with van der Waals surface area (Å²) in [5.74, 6) is 0.0820. The Balaban J connectivity index is 2.05. The molecule has 118 valence electrons. The Bertz CT molecular complexity index is 831. The number of hydrogen-bond donors (Lipinski definition) is 1. The molecule has 1 aliphatic heterocycles. The molecule has 2 aliphatic rings. The van der Waals surface area contributed by atoms with Crippen LogP contribution in [0.5, 0.6) is 0 Å². The molecule has 2 heterocycles. The Morgan fingerprint density at radius 1 is 1.43 bits per heavy atom. The van der Waals surface area contributed by atoms with Crippen LogP contribution in [0.15, 0.2) is 49.3 Å². The van der Waals surface area contributed by atoms with E-state index in [4.69, 9.17) is 11.6 Å². The number of rotatable bonds is 2. The molecule has 0 spiro atoms. The molecule has 2 aromatic rings. The van der Waals surface area contributed by atoms with Crippen molar-refractivity contribution < 1.29 is 4.79 Å². The maximum absolute atomic E-state index is 13.5. The fourth-order valence-electron chi connectivity index (χ4n) is 4.41. The van der Waals surface area contributed by atoms with Crippen molar-refractivity contribution in [2.75, 3.05) is 5.32 Å². The van der Waals surface area contributed by atoms with Crippen molar-refractivity contribution in [3.8, 4) is 0 Å². The Morgan fingerprint density at radius 2 is 2.22 bits per heavy atom. The number of Topliss-reactive ketones (excluding diaryl/α,β-unsaturated/α-hetero) is 1. The molecular formula is C18H18ClN3O. The predicted molar refractivity (Wildman–Crippen MR) is 90.6 cm³/mol. The van der Waals surface area contributed by atoms with Gasteiger partial charge in [0.05, 0.1) is 0 Å². The molecule has 0 bridgehead atoms. The smallest absolute Gasteiger partial charge is 0.201 e. The van der Waals surface area contributed by atoms with Crippen molar-refractivity contribution in [1.29, 1.82) is 0 Å². The maximum Gasteiger partial charge on any atom is 0.201 e. The molecule has 4 nitrogen and oxygen atoms in total. The quantitative estimate of drug-likeness (QED) is 0.855. The van der Waals surface area contributed by atoms with Crippen LogP contribution in [-0.2, 0) is 15.9 Å². The molecule has 1 N–H and O–H groups in total. The van der Waals surface area contributed by atoms with Gasteiger partial charge in [0.1, 0.15) is 0 Å². The van der Waals surface area contributed by atoms with Gasteiger partial charge < -0.3 is 5.32 Å². The van der Waals surface area contributed by atoms with E-state index in [9.17, 15) is 4.79 Å². The zero-order valence-corrected chi connectivity index (χ0v) is 13.9. The Morgan fingerprint density at radius 3 is 2.87 bits per heavy atom. The molecule has 1 aliphatic carbocycles. The van der Waals surface area contributed by atoms with Gasteiger partial charge in [0.2, 0.25) is 5.66 Å². The molecule has 0 unspecified atom stereocenters. The van der Waals surface area contributed by atoms with Gasteiger partial charge in [-0.25, -0.2) is 4.68 Å².